The van der Waals surface area contributed by atoms with E-state index >= 15 is 0 Å². The molecule has 1 atom stereocenters. The minimum atomic E-state index is 0. The van der Waals surface area contributed by atoms with Crippen molar-refractivity contribution in [3.63, 3.8) is 0 Å². The van der Waals surface area contributed by atoms with Crippen molar-refractivity contribution in [2.75, 3.05) is 34.2 Å². The second kappa shape index (κ2) is 12.5. The van der Waals surface area contributed by atoms with E-state index < -0.39 is 0 Å². The van der Waals surface area contributed by atoms with Crippen LogP contribution in [-0.4, -0.2) is 50.1 Å². The average molecular weight is 522 g/mol. The first-order valence-electron chi connectivity index (χ1n) is 8.83. The molecule has 2 N–H and O–H groups in total. The molecule has 0 spiro atoms. The van der Waals surface area contributed by atoms with Crippen LogP contribution < -0.4 is 10.6 Å². The Bertz CT molecular complexity index is 702. The molecule has 0 saturated carbocycles. The molecule has 150 valence electrons. The standard InChI is InChI=1S/C19H28ClN5S.HI/c1-5-16-12-23-18(26-16)10-11-22-19(21-2)24-13-17(25(3)4)14-6-8-15(20)9-7-14;/h6-9,12,17H,5,10-11,13H2,1-4H3,(H2,21,22,24);1H. The Labute approximate surface area is 188 Å². The van der Waals surface area contributed by atoms with Crippen molar-refractivity contribution in [2.45, 2.75) is 25.8 Å². The molecule has 0 bridgehead atoms. The first-order chi connectivity index (χ1) is 12.5. The molecule has 0 aliphatic rings. The average Bonchev–Trinajstić information content (AvgIpc) is 3.09. The van der Waals surface area contributed by atoms with Crippen LogP contribution >= 0.6 is 46.9 Å². The summed E-state index contributed by atoms with van der Waals surface area (Å²) in [6, 6.07) is 8.23. The van der Waals surface area contributed by atoms with Crippen LogP contribution in [0.15, 0.2) is 35.5 Å². The van der Waals surface area contributed by atoms with E-state index in [2.05, 4.69) is 58.7 Å². The second-order valence-electron chi connectivity index (χ2n) is 6.23. The van der Waals surface area contributed by atoms with E-state index in [0.717, 1.165) is 41.9 Å². The van der Waals surface area contributed by atoms with Crippen LogP contribution in [-0.2, 0) is 12.8 Å². The smallest absolute Gasteiger partial charge is 0.191 e. The molecule has 1 heterocycles. The Morgan fingerprint density at radius 1 is 1.26 bits per heavy atom. The van der Waals surface area contributed by atoms with Gasteiger partial charge in [0.1, 0.15) is 0 Å². The molecule has 1 aromatic carbocycles. The van der Waals surface area contributed by atoms with Gasteiger partial charge in [-0.2, -0.15) is 0 Å². The van der Waals surface area contributed by atoms with Gasteiger partial charge in [-0.05, 0) is 38.2 Å². The van der Waals surface area contributed by atoms with Crippen molar-refractivity contribution >= 4 is 52.9 Å². The Morgan fingerprint density at radius 3 is 2.52 bits per heavy atom. The normalized spacial score (nSPS) is 12.6. The van der Waals surface area contributed by atoms with Gasteiger partial charge in [-0.3, -0.25) is 4.99 Å². The number of hydrogen-bond donors (Lipinski definition) is 2. The van der Waals surface area contributed by atoms with Crippen LogP contribution in [0.4, 0.5) is 0 Å². The summed E-state index contributed by atoms with van der Waals surface area (Å²) in [5, 5.41) is 8.70. The number of likely N-dealkylation sites (N-methyl/N-ethyl adjacent to an activating group) is 1. The fourth-order valence-electron chi connectivity index (χ4n) is 2.61. The molecular weight excluding hydrogens is 493 g/mol. The highest BCUT2D eigenvalue weighted by atomic mass is 127. The molecule has 8 heteroatoms. The molecule has 1 unspecified atom stereocenters. The van der Waals surface area contributed by atoms with Crippen molar-refractivity contribution in [1.29, 1.82) is 0 Å². The van der Waals surface area contributed by atoms with Gasteiger partial charge in [-0.1, -0.05) is 30.7 Å². The van der Waals surface area contributed by atoms with E-state index in [-0.39, 0.29) is 30.0 Å². The Hall–Kier alpha value is -0.900. The highest BCUT2D eigenvalue weighted by molar-refractivity contribution is 14.0. The quantitative estimate of drug-likeness (QED) is 0.313. The number of halogens is 2. The Balaban J connectivity index is 0.00000364. The summed E-state index contributed by atoms with van der Waals surface area (Å²) in [7, 11) is 5.94. The van der Waals surface area contributed by atoms with Crippen LogP contribution in [0, 0.1) is 0 Å². The lowest BCUT2D eigenvalue weighted by molar-refractivity contribution is 0.298. The van der Waals surface area contributed by atoms with Gasteiger partial charge in [-0.25, -0.2) is 4.98 Å². The lowest BCUT2D eigenvalue weighted by atomic mass is 10.1. The number of hydrogen-bond acceptors (Lipinski definition) is 4. The van der Waals surface area contributed by atoms with Gasteiger partial charge in [0.15, 0.2) is 5.96 Å². The molecular formula is C19H29ClIN5S. The van der Waals surface area contributed by atoms with Crippen LogP contribution in [0.1, 0.15) is 28.4 Å². The number of benzene rings is 1. The molecule has 2 rings (SSSR count). The van der Waals surface area contributed by atoms with Crippen molar-refractivity contribution in [3.05, 3.63) is 50.9 Å². The van der Waals surface area contributed by atoms with Gasteiger partial charge in [0, 0.05) is 42.7 Å². The number of guanidine groups is 1. The van der Waals surface area contributed by atoms with Gasteiger partial charge >= 0.3 is 0 Å². The van der Waals surface area contributed by atoms with Gasteiger partial charge < -0.3 is 15.5 Å². The molecule has 0 aliphatic carbocycles. The van der Waals surface area contributed by atoms with Gasteiger partial charge in [0.25, 0.3) is 0 Å². The van der Waals surface area contributed by atoms with Crippen molar-refractivity contribution in [1.82, 2.24) is 20.5 Å². The van der Waals surface area contributed by atoms with E-state index in [1.54, 1.807) is 18.4 Å². The van der Waals surface area contributed by atoms with E-state index in [1.807, 2.05) is 18.3 Å². The third-order valence-electron chi connectivity index (χ3n) is 4.15. The summed E-state index contributed by atoms with van der Waals surface area (Å²) in [5.41, 5.74) is 1.22. The van der Waals surface area contributed by atoms with Crippen LogP contribution in [0.5, 0.6) is 0 Å². The monoisotopic (exact) mass is 521 g/mol. The fraction of sp³-hybridized carbons (Fsp3) is 0.474. The summed E-state index contributed by atoms with van der Waals surface area (Å²) in [6.07, 6.45) is 3.92. The van der Waals surface area contributed by atoms with Crippen molar-refractivity contribution in [2.24, 2.45) is 4.99 Å². The lowest BCUT2D eigenvalue weighted by Gasteiger charge is -2.26. The maximum atomic E-state index is 6.00. The number of aliphatic imine (C=N–C) groups is 1. The summed E-state index contributed by atoms with van der Waals surface area (Å²) in [6.45, 7) is 3.72. The highest BCUT2D eigenvalue weighted by Gasteiger charge is 2.14. The Kier molecular flexibility index (Phi) is 11.2. The first kappa shape index (κ1) is 24.1. The van der Waals surface area contributed by atoms with Crippen LogP contribution in [0.3, 0.4) is 0 Å². The number of aryl methyl sites for hydroxylation is 1. The number of aromatic nitrogens is 1. The number of thiazole rings is 1. The number of nitrogens with one attached hydrogen (secondary N) is 2. The third kappa shape index (κ3) is 7.93. The largest absolute Gasteiger partial charge is 0.356 e. The van der Waals surface area contributed by atoms with Crippen LogP contribution in [0.25, 0.3) is 0 Å². The molecule has 2 aromatic rings. The zero-order chi connectivity index (χ0) is 18.9. The fourth-order valence-corrected chi connectivity index (χ4v) is 3.60. The summed E-state index contributed by atoms with van der Waals surface area (Å²) in [5.74, 6) is 0.804. The second-order valence-corrected chi connectivity index (χ2v) is 7.87. The van der Waals surface area contributed by atoms with Gasteiger partial charge in [0.2, 0.25) is 0 Å². The summed E-state index contributed by atoms with van der Waals surface area (Å²) >= 11 is 7.79. The lowest BCUT2D eigenvalue weighted by Crippen LogP contribution is -2.42. The van der Waals surface area contributed by atoms with E-state index in [1.165, 1.54) is 10.4 Å². The predicted molar refractivity (Wildman–Crippen MR) is 128 cm³/mol. The number of rotatable bonds is 8. The zero-order valence-corrected chi connectivity index (χ0v) is 20.2. The first-order valence-corrected chi connectivity index (χ1v) is 10.0. The predicted octanol–water partition coefficient (Wildman–Crippen LogP) is 3.99. The molecule has 0 aliphatic heterocycles. The van der Waals surface area contributed by atoms with Gasteiger partial charge in [-0.15, -0.1) is 35.3 Å². The molecule has 0 saturated heterocycles. The third-order valence-corrected chi connectivity index (χ3v) is 5.60. The molecule has 0 fully saturated rings. The van der Waals surface area contributed by atoms with Crippen molar-refractivity contribution in [3.8, 4) is 0 Å². The molecule has 1 aromatic heterocycles. The minimum Gasteiger partial charge on any atom is -0.356 e. The maximum absolute atomic E-state index is 6.00. The summed E-state index contributed by atoms with van der Waals surface area (Å²) < 4.78 is 0. The summed E-state index contributed by atoms with van der Waals surface area (Å²) in [4.78, 5) is 12.3. The van der Waals surface area contributed by atoms with Gasteiger partial charge in [0.05, 0.1) is 11.0 Å². The maximum Gasteiger partial charge on any atom is 0.191 e. The van der Waals surface area contributed by atoms with Crippen molar-refractivity contribution < 1.29 is 0 Å². The Morgan fingerprint density at radius 2 is 1.96 bits per heavy atom. The number of nitrogens with zero attached hydrogens (tertiary/aromatic N) is 3. The molecule has 0 amide bonds. The highest BCUT2D eigenvalue weighted by Crippen LogP contribution is 2.19. The SMILES string of the molecule is CCc1cnc(CCNC(=NC)NCC(c2ccc(Cl)cc2)N(C)C)s1.I. The van der Waals surface area contributed by atoms with E-state index in [9.17, 15) is 0 Å². The molecule has 27 heavy (non-hydrogen) atoms. The van der Waals surface area contributed by atoms with Crippen LogP contribution in [0.2, 0.25) is 5.02 Å². The minimum absolute atomic E-state index is 0. The molecule has 5 nitrogen and oxygen atoms in total. The zero-order valence-electron chi connectivity index (χ0n) is 16.3. The van der Waals surface area contributed by atoms with E-state index in [0.29, 0.717) is 0 Å². The topological polar surface area (TPSA) is 52.6 Å². The molecule has 0 radical (unpaired) electrons. The van der Waals surface area contributed by atoms with E-state index in [4.69, 9.17) is 11.6 Å².